The normalized spacial score (nSPS) is 12.7. The van der Waals surface area contributed by atoms with Crippen LogP contribution in [0.1, 0.15) is 19.4 Å². The highest BCUT2D eigenvalue weighted by atomic mass is 35.5. The molecule has 0 aliphatic heterocycles. The van der Waals surface area contributed by atoms with Crippen molar-refractivity contribution >= 4 is 21.4 Å². The van der Waals surface area contributed by atoms with Crippen LogP contribution in [0.4, 0.5) is 0 Å². The molecular weight excluding hydrogens is 274 g/mol. The number of nitrogens with one attached hydrogen (secondary N) is 1. The minimum Gasteiger partial charge on any atom is -0.508 e. The number of benzene rings is 1. The third-order valence-corrected chi connectivity index (χ3v) is 5.30. The van der Waals surface area contributed by atoms with E-state index in [-0.39, 0.29) is 5.75 Å². The Kier molecular flexibility index (Phi) is 4.64. The van der Waals surface area contributed by atoms with Crippen molar-refractivity contribution in [1.29, 1.82) is 0 Å². The predicted molar refractivity (Wildman–Crippen MR) is 73.7 cm³/mol. The second-order valence-corrected chi connectivity index (χ2v) is 7.99. The average Bonchev–Trinajstić information content (AvgIpc) is 2.21. The summed E-state index contributed by atoms with van der Waals surface area (Å²) in [6.45, 7) is 3.99. The molecule has 102 valence electrons. The molecule has 6 heteroatoms. The van der Waals surface area contributed by atoms with Gasteiger partial charge < -0.3 is 10.4 Å². The lowest BCUT2D eigenvalue weighted by Crippen LogP contribution is -2.41. The number of phenolic OH excluding ortho intramolecular Hbond substituents is 1. The highest BCUT2D eigenvalue weighted by Crippen LogP contribution is 2.21. The Hall–Kier alpha value is -0.780. The lowest BCUT2D eigenvalue weighted by molar-refractivity contribution is 0.461. The van der Waals surface area contributed by atoms with Crippen molar-refractivity contribution in [2.45, 2.75) is 25.1 Å². The molecule has 0 aromatic heterocycles. The van der Waals surface area contributed by atoms with Gasteiger partial charge >= 0.3 is 0 Å². The smallest absolute Gasteiger partial charge is 0.153 e. The minimum atomic E-state index is -3.13. The maximum absolute atomic E-state index is 11.5. The first-order valence-corrected chi connectivity index (χ1v) is 7.78. The Morgan fingerprint density at radius 1 is 1.39 bits per heavy atom. The summed E-state index contributed by atoms with van der Waals surface area (Å²) in [7, 11) is -3.13. The first-order valence-electron chi connectivity index (χ1n) is 5.51. The van der Waals surface area contributed by atoms with Crippen LogP contribution in [0.25, 0.3) is 0 Å². The maximum Gasteiger partial charge on any atom is 0.153 e. The van der Waals surface area contributed by atoms with Crippen molar-refractivity contribution in [3.8, 4) is 5.75 Å². The summed E-state index contributed by atoms with van der Waals surface area (Å²) >= 11 is 5.82. The van der Waals surface area contributed by atoms with Crippen molar-refractivity contribution in [1.82, 2.24) is 5.32 Å². The van der Waals surface area contributed by atoms with E-state index in [1.165, 1.54) is 12.3 Å². The lowest BCUT2D eigenvalue weighted by Gasteiger charge is -2.23. The second-order valence-electron chi connectivity index (χ2n) is 4.91. The molecule has 2 N–H and O–H groups in total. The zero-order valence-corrected chi connectivity index (χ0v) is 12.3. The van der Waals surface area contributed by atoms with Crippen LogP contribution < -0.4 is 5.32 Å². The van der Waals surface area contributed by atoms with Crippen LogP contribution in [0, 0.1) is 0 Å². The van der Waals surface area contributed by atoms with Crippen LogP contribution in [0.5, 0.6) is 5.75 Å². The first-order chi connectivity index (χ1) is 8.13. The van der Waals surface area contributed by atoms with Crippen molar-refractivity contribution in [2.75, 3.05) is 12.8 Å². The van der Waals surface area contributed by atoms with Gasteiger partial charge in [0, 0.05) is 29.9 Å². The lowest BCUT2D eigenvalue weighted by atomic mass is 10.1. The van der Waals surface area contributed by atoms with Gasteiger partial charge in [0.05, 0.1) is 4.75 Å². The fourth-order valence-corrected chi connectivity index (χ4v) is 1.88. The molecule has 0 bridgehead atoms. The quantitative estimate of drug-likeness (QED) is 0.870. The zero-order valence-electron chi connectivity index (χ0n) is 10.7. The molecule has 18 heavy (non-hydrogen) atoms. The summed E-state index contributed by atoms with van der Waals surface area (Å²) in [4.78, 5) is 0. The van der Waals surface area contributed by atoms with Crippen molar-refractivity contribution in [3.05, 3.63) is 28.8 Å². The number of phenols is 1. The summed E-state index contributed by atoms with van der Waals surface area (Å²) in [5.74, 6) is 0.143. The molecule has 0 atom stereocenters. The molecule has 1 aromatic rings. The summed E-state index contributed by atoms with van der Waals surface area (Å²) in [6.07, 6.45) is 1.21. The molecular formula is C12H18ClNO3S. The van der Waals surface area contributed by atoms with E-state index in [4.69, 9.17) is 11.6 Å². The van der Waals surface area contributed by atoms with E-state index in [0.717, 1.165) is 0 Å². The number of halogens is 1. The molecule has 0 aliphatic carbocycles. The second kappa shape index (κ2) is 5.47. The van der Waals surface area contributed by atoms with E-state index in [9.17, 15) is 13.5 Å². The van der Waals surface area contributed by atoms with Crippen LogP contribution in [0.3, 0.4) is 0 Å². The summed E-state index contributed by atoms with van der Waals surface area (Å²) < 4.78 is 22.2. The fourth-order valence-electron chi connectivity index (χ4n) is 1.32. The van der Waals surface area contributed by atoms with Gasteiger partial charge in [-0.05, 0) is 32.0 Å². The largest absolute Gasteiger partial charge is 0.508 e. The molecule has 0 amide bonds. The number of aromatic hydroxyl groups is 1. The third kappa shape index (κ3) is 3.86. The standard InChI is InChI=1S/C12H18ClNO3S/c1-12(2,18(3,16)17)8-14-7-9-6-10(13)4-5-11(9)15/h4-6,14-15H,7-8H2,1-3H3. The van der Waals surface area contributed by atoms with Crippen LogP contribution in [0.15, 0.2) is 18.2 Å². The molecule has 0 heterocycles. The van der Waals surface area contributed by atoms with Crippen molar-refractivity contribution < 1.29 is 13.5 Å². The van der Waals surface area contributed by atoms with Gasteiger partial charge in [-0.15, -0.1) is 0 Å². The van der Waals surface area contributed by atoms with E-state index in [1.54, 1.807) is 26.0 Å². The summed E-state index contributed by atoms with van der Waals surface area (Å²) in [5, 5.41) is 13.2. The number of hydrogen-bond acceptors (Lipinski definition) is 4. The van der Waals surface area contributed by atoms with Gasteiger partial charge in [-0.1, -0.05) is 11.6 Å². The van der Waals surface area contributed by atoms with Crippen LogP contribution in [0.2, 0.25) is 5.02 Å². The molecule has 4 nitrogen and oxygen atoms in total. The molecule has 0 aliphatic rings. The molecule has 0 spiro atoms. The Bertz CT molecular complexity index is 526. The third-order valence-electron chi connectivity index (χ3n) is 2.91. The highest BCUT2D eigenvalue weighted by Gasteiger charge is 2.29. The molecule has 0 radical (unpaired) electrons. The number of rotatable bonds is 5. The maximum atomic E-state index is 11.5. The minimum absolute atomic E-state index is 0.143. The van der Waals surface area contributed by atoms with Gasteiger partial charge in [-0.2, -0.15) is 0 Å². The number of hydrogen-bond donors (Lipinski definition) is 2. The summed E-state index contributed by atoms with van der Waals surface area (Å²) in [6, 6.07) is 4.76. The van der Waals surface area contributed by atoms with Gasteiger partial charge in [0.1, 0.15) is 5.75 Å². The van der Waals surface area contributed by atoms with Crippen molar-refractivity contribution in [3.63, 3.8) is 0 Å². The Morgan fingerprint density at radius 2 is 2.00 bits per heavy atom. The SMILES string of the molecule is CC(C)(CNCc1cc(Cl)ccc1O)S(C)(=O)=O. The van der Waals surface area contributed by atoms with Crippen molar-refractivity contribution in [2.24, 2.45) is 0 Å². The zero-order chi connectivity index (χ0) is 14.0. The van der Waals surface area contributed by atoms with Gasteiger partial charge in [-0.3, -0.25) is 0 Å². The van der Waals surface area contributed by atoms with E-state index in [0.29, 0.717) is 23.7 Å². The van der Waals surface area contributed by atoms with Gasteiger partial charge in [-0.25, -0.2) is 8.42 Å². The van der Waals surface area contributed by atoms with Crippen LogP contribution in [-0.2, 0) is 16.4 Å². The Balaban J connectivity index is 2.65. The molecule has 1 rings (SSSR count). The van der Waals surface area contributed by atoms with E-state index in [2.05, 4.69) is 5.32 Å². The predicted octanol–water partition coefficient (Wildman–Crippen LogP) is 1.96. The van der Waals surface area contributed by atoms with E-state index >= 15 is 0 Å². The van der Waals surface area contributed by atoms with Gasteiger partial charge in [0.2, 0.25) is 0 Å². The molecule has 0 unspecified atom stereocenters. The molecule has 0 saturated heterocycles. The first kappa shape index (κ1) is 15.3. The van der Waals surface area contributed by atoms with Gasteiger partial charge in [0.25, 0.3) is 0 Å². The Labute approximate surface area is 113 Å². The van der Waals surface area contributed by atoms with E-state index < -0.39 is 14.6 Å². The highest BCUT2D eigenvalue weighted by molar-refractivity contribution is 7.92. The molecule has 1 aromatic carbocycles. The van der Waals surface area contributed by atoms with Crippen LogP contribution >= 0.6 is 11.6 Å². The summed E-state index contributed by atoms with van der Waals surface area (Å²) in [5.41, 5.74) is 0.645. The van der Waals surface area contributed by atoms with Crippen LogP contribution in [-0.4, -0.2) is 31.1 Å². The number of sulfone groups is 1. The Morgan fingerprint density at radius 3 is 2.56 bits per heavy atom. The molecule has 0 fully saturated rings. The van der Waals surface area contributed by atoms with Gasteiger partial charge in [0.15, 0.2) is 9.84 Å². The topological polar surface area (TPSA) is 66.4 Å². The molecule has 0 saturated carbocycles. The van der Waals surface area contributed by atoms with E-state index in [1.807, 2.05) is 0 Å². The monoisotopic (exact) mass is 291 g/mol. The average molecular weight is 292 g/mol. The fraction of sp³-hybridized carbons (Fsp3) is 0.500.